The molecule has 0 fully saturated rings. The van der Waals surface area contributed by atoms with Crippen molar-refractivity contribution >= 4 is 34.7 Å². The zero-order valence-corrected chi connectivity index (χ0v) is 11.2. The molecule has 0 radical (unpaired) electrons. The van der Waals surface area contributed by atoms with Gasteiger partial charge >= 0.3 is 11.1 Å². The Kier molecular flexibility index (Phi) is 4.63. The van der Waals surface area contributed by atoms with Gasteiger partial charge in [0, 0.05) is 0 Å². The minimum atomic E-state index is -1.08. The molecular weight excluding hydrogens is 276 g/mol. The molecule has 0 saturated heterocycles. The molecule has 0 spiro atoms. The molecule has 5 heteroatoms. The van der Waals surface area contributed by atoms with Crippen molar-refractivity contribution in [2.45, 2.75) is 0 Å². The molecule has 0 atom stereocenters. The van der Waals surface area contributed by atoms with Crippen LogP contribution >= 0.6 is 11.6 Å². The Balaban J connectivity index is 2.31. The van der Waals surface area contributed by atoms with E-state index in [1.54, 1.807) is 30.3 Å². The predicted octanol–water partition coefficient (Wildman–Crippen LogP) is 2.82. The number of hydrogen-bond donors (Lipinski definition) is 0. The Hall–Kier alpha value is -2.46. The average Bonchev–Trinajstić information content (AvgIpc) is 2.49. The lowest BCUT2D eigenvalue weighted by atomic mass is 10.2. The van der Waals surface area contributed by atoms with E-state index in [-0.39, 0.29) is 0 Å². The summed E-state index contributed by atoms with van der Waals surface area (Å²) in [6, 6.07) is 17.9. The van der Waals surface area contributed by atoms with E-state index in [1.807, 2.05) is 30.3 Å². The van der Waals surface area contributed by atoms with E-state index >= 15 is 0 Å². The summed E-state index contributed by atoms with van der Waals surface area (Å²) in [7, 11) is 0. The summed E-state index contributed by atoms with van der Waals surface area (Å²) in [6.07, 6.45) is 1.49. The van der Waals surface area contributed by atoms with Gasteiger partial charge in [-0.05, 0) is 29.3 Å². The molecule has 0 N–H and O–H groups in total. The van der Waals surface area contributed by atoms with Gasteiger partial charge in [-0.3, -0.25) is 9.59 Å². The summed E-state index contributed by atoms with van der Waals surface area (Å²) in [6.45, 7) is 0. The third kappa shape index (κ3) is 3.52. The van der Waals surface area contributed by atoms with Crippen LogP contribution in [-0.4, -0.2) is 17.4 Å². The molecule has 20 heavy (non-hydrogen) atoms. The maximum absolute atomic E-state index is 11.8. The SMILES string of the molecule is O=C(Cl)C(=O)N(/N=C\c1ccccc1)c1ccccc1. The summed E-state index contributed by atoms with van der Waals surface area (Å²) in [4.78, 5) is 22.9. The Morgan fingerprint density at radius 3 is 2.05 bits per heavy atom. The first-order valence-corrected chi connectivity index (χ1v) is 6.24. The number of carbonyl (C=O) groups is 2. The number of para-hydroxylation sites is 1. The van der Waals surface area contributed by atoms with Gasteiger partial charge in [0.15, 0.2) is 0 Å². The van der Waals surface area contributed by atoms with E-state index in [1.165, 1.54) is 6.21 Å². The van der Waals surface area contributed by atoms with Crippen molar-refractivity contribution in [1.29, 1.82) is 0 Å². The first-order chi connectivity index (χ1) is 9.68. The first-order valence-electron chi connectivity index (χ1n) is 5.86. The number of benzene rings is 2. The molecule has 1 amide bonds. The molecule has 0 aromatic heterocycles. The van der Waals surface area contributed by atoms with Crippen LogP contribution in [0.3, 0.4) is 0 Å². The van der Waals surface area contributed by atoms with Crippen LogP contribution in [0.15, 0.2) is 65.8 Å². The highest BCUT2D eigenvalue weighted by Crippen LogP contribution is 2.15. The molecule has 0 aliphatic heterocycles. The second-order valence-corrected chi connectivity index (χ2v) is 4.22. The molecule has 0 unspecified atom stereocenters. The maximum atomic E-state index is 11.8. The molecule has 0 aliphatic carbocycles. The fourth-order valence-electron chi connectivity index (χ4n) is 1.55. The fraction of sp³-hybridized carbons (Fsp3) is 0. The summed E-state index contributed by atoms with van der Waals surface area (Å²) in [5, 5.41) is 3.93. The van der Waals surface area contributed by atoms with E-state index in [2.05, 4.69) is 5.10 Å². The van der Waals surface area contributed by atoms with Crippen LogP contribution in [0.1, 0.15) is 5.56 Å². The van der Waals surface area contributed by atoms with Crippen molar-refractivity contribution < 1.29 is 9.59 Å². The Morgan fingerprint density at radius 1 is 0.950 bits per heavy atom. The van der Waals surface area contributed by atoms with Crippen LogP contribution in [0.2, 0.25) is 0 Å². The molecule has 0 bridgehead atoms. The quantitative estimate of drug-likeness (QED) is 0.375. The number of carbonyl (C=O) groups excluding carboxylic acids is 2. The van der Waals surface area contributed by atoms with Gasteiger partial charge in [0.2, 0.25) is 0 Å². The van der Waals surface area contributed by atoms with Crippen molar-refractivity contribution in [3.8, 4) is 0 Å². The Bertz CT molecular complexity index is 627. The number of halogens is 1. The van der Waals surface area contributed by atoms with Crippen molar-refractivity contribution in [2.24, 2.45) is 5.10 Å². The number of rotatable bonds is 4. The van der Waals surface area contributed by atoms with E-state index in [0.717, 1.165) is 10.6 Å². The minimum absolute atomic E-state index is 0.471. The maximum Gasteiger partial charge on any atom is 0.331 e. The van der Waals surface area contributed by atoms with Crippen molar-refractivity contribution in [2.75, 3.05) is 5.01 Å². The topological polar surface area (TPSA) is 49.7 Å². The zero-order valence-electron chi connectivity index (χ0n) is 10.4. The van der Waals surface area contributed by atoms with Gasteiger partial charge in [-0.15, -0.1) is 0 Å². The minimum Gasteiger partial charge on any atom is -0.270 e. The molecule has 2 rings (SSSR count). The normalized spacial score (nSPS) is 10.4. The van der Waals surface area contributed by atoms with Gasteiger partial charge in [-0.2, -0.15) is 10.1 Å². The molecule has 2 aromatic rings. The van der Waals surface area contributed by atoms with E-state index < -0.39 is 11.1 Å². The summed E-state index contributed by atoms with van der Waals surface area (Å²) < 4.78 is 0. The molecular formula is C15H11ClN2O2. The average molecular weight is 287 g/mol. The molecule has 100 valence electrons. The summed E-state index contributed by atoms with van der Waals surface area (Å²) >= 11 is 5.25. The van der Waals surface area contributed by atoms with Gasteiger partial charge < -0.3 is 0 Å². The largest absolute Gasteiger partial charge is 0.331 e. The van der Waals surface area contributed by atoms with Gasteiger partial charge in [-0.1, -0.05) is 48.5 Å². The van der Waals surface area contributed by atoms with Gasteiger partial charge in [0.05, 0.1) is 11.9 Å². The van der Waals surface area contributed by atoms with Crippen LogP contribution < -0.4 is 5.01 Å². The van der Waals surface area contributed by atoms with Crippen molar-refractivity contribution in [3.63, 3.8) is 0 Å². The monoisotopic (exact) mass is 286 g/mol. The lowest BCUT2D eigenvalue weighted by molar-refractivity contribution is -0.131. The number of amides is 1. The number of hydrazone groups is 1. The van der Waals surface area contributed by atoms with Crippen LogP contribution in [0.4, 0.5) is 5.69 Å². The number of nitrogens with zero attached hydrogens (tertiary/aromatic N) is 2. The molecule has 2 aromatic carbocycles. The number of anilines is 1. The smallest absolute Gasteiger partial charge is 0.270 e. The van der Waals surface area contributed by atoms with Crippen molar-refractivity contribution in [3.05, 3.63) is 66.2 Å². The van der Waals surface area contributed by atoms with E-state index in [0.29, 0.717) is 5.69 Å². The predicted molar refractivity (Wildman–Crippen MR) is 78.8 cm³/mol. The fourth-order valence-corrected chi connectivity index (χ4v) is 1.63. The third-order valence-electron chi connectivity index (χ3n) is 2.48. The zero-order chi connectivity index (χ0) is 14.4. The summed E-state index contributed by atoms with van der Waals surface area (Å²) in [5.74, 6) is -0.898. The highest BCUT2D eigenvalue weighted by molar-refractivity contribution is 6.82. The first kappa shape index (κ1) is 14.0. The van der Waals surface area contributed by atoms with Crippen LogP contribution in [0, 0.1) is 0 Å². The van der Waals surface area contributed by atoms with E-state index in [9.17, 15) is 9.59 Å². The van der Waals surface area contributed by atoms with Gasteiger partial charge in [-0.25, -0.2) is 0 Å². The van der Waals surface area contributed by atoms with E-state index in [4.69, 9.17) is 11.6 Å². The highest BCUT2D eigenvalue weighted by atomic mass is 35.5. The van der Waals surface area contributed by atoms with Crippen molar-refractivity contribution in [1.82, 2.24) is 0 Å². The third-order valence-corrected chi connectivity index (χ3v) is 2.64. The number of hydrogen-bond acceptors (Lipinski definition) is 3. The van der Waals surface area contributed by atoms with Gasteiger partial charge in [0.25, 0.3) is 0 Å². The molecule has 0 saturated carbocycles. The Morgan fingerprint density at radius 2 is 1.50 bits per heavy atom. The second kappa shape index (κ2) is 6.63. The summed E-state index contributed by atoms with van der Waals surface area (Å²) in [5.41, 5.74) is 1.28. The standard InChI is InChI=1S/C15H11ClN2O2/c16-14(19)15(20)18(13-9-5-2-6-10-13)17-11-12-7-3-1-4-8-12/h1-11H/b17-11-. The Labute approximate surface area is 121 Å². The van der Waals surface area contributed by atoms with Crippen LogP contribution in [0.25, 0.3) is 0 Å². The lowest BCUT2D eigenvalue weighted by Gasteiger charge is -2.14. The van der Waals surface area contributed by atoms with Crippen LogP contribution in [-0.2, 0) is 9.59 Å². The molecule has 0 aliphatic rings. The molecule has 0 heterocycles. The van der Waals surface area contributed by atoms with Gasteiger partial charge in [0.1, 0.15) is 0 Å². The second-order valence-electron chi connectivity index (χ2n) is 3.88. The lowest BCUT2D eigenvalue weighted by Crippen LogP contribution is -2.30. The highest BCUT2D eigenvalue weighted by Gasteiger charge is 2.20. The van der Waals surface area contributed by atoms with Crippen LogP contribution in [0.5, 0.6) is 0 Å². The molecule has 4 nitrogen and oxygen atoms in total.